The van der Waals surface area contributed by atoms with E-state index in [2.05, 4.69) is 6.07 Å². The predicted octanol–water partition coefficient (Wildman–Crippen LogP) is 2.72. The number of anilines is 1. The molecule has 1 saturated heterocycles. The fraction of sp³-hybridized carbons (Fsp3) is 0.368. The van der Waals surface area contributed by atoms with Gasteiger partial charge in [0.1, 0.15) is 0 Å². The molecule has 2 aliphatic heterocycles. The van der Waals surface area contributed by atoms with Gasteiger partial charge >= 0.3 is 0 Å². The number of hydrogen-bond acceptors (Lipinski definition) is 3. The minimum absolute atomic E-state index is 0.126. The monoisotopic (exact) mass is 324 g/mol. The number of amides is 2. The van der Waals surface area contributed by atoms with Crippen LogP contribution in [0.15, 0.2) is 47.1 Å². The SMILES string of the molecule is O=C(c1ccco1)N1CCC[C@H](C(=O)N2CCc3ccccc32)C1. The summed E-state index contributed by atoms with van der Waals surface area (Å²) >= 11 is 0. The molecule has 0 bridgehead atoms. The highest BCUT2D eigenvalue weighted by atomic mass is 16.3. The lowest BCUT2D eigenvalue weighted by molar-refractivity contribution is -0.123. The van der Waals surface area contributed by atoms with Crippen LogP contribution in [0.3, 0.4) is 0 Å². The first-order valence-electron chi connectivity index (χ1n) is 8.46. The van der Waals surface area contributed by atoms with Crippen LogP contribution >= 0.6 is 0 Å². The lowest BCUT2D eigenvalue weighted by Gasteiger charge is -2.33. The number of carbonyl (C=O) groups excluding carboxylic acids is 2. The van der Waals surface area contributed by atoms with Crippen molar-refractivity contribution in [2.45, 2.75) is 19.3 Å². The second-order valence-electron chi connectivity index (χ2n) is 6.44. The normalized spacial score (nSPS) is 20.1. The van der Waals surface area contributed by atoms with Gasteiger partial charge < -0.3 is 14.2 Å². The zero-order valence-electron chi connectivity index (χ0n) is 13.5. The van der Waals surface area contributed by atoms with Crippen LogP contribution in [0.25, 0.3) is 0 Å². The number of piperidine rings is 1. The molecule has 1 aromatic carbocycles. The molecule has 24 heavy (non-hydrogen) atoms. The van der Waals surface area contributed by atoms with Gasteiger partial charge in [-0.3, -0.25) is 9.59 Å². The van der Waals surface area contributed by atoms with Crippen LogP contribution in [0, 0.1) is 5.92 Å². The summed E-state index contributed by atoms with van der Waals surface area (Å²) in [5.41, 5.74) is 2.25. The minimum atomic E-state index is -0.135. The molecule has 2 amide bonds. The molecule has 4 rings (SSSR count). The molecule has 2 aromatic rings. The second kappa shape index (κ2) is 6.15. The van der Waals surface area contributed by atoms with Gasteiger partial charge in [-0.1, -0.05) is 18.2 Å². The van der Waals surface area contributed by atoms with E-state index >= 15 is 0 Å². The highest BCUT2D eigenvalue weighted by Crippen LogP contribution is 2.30. The first-order valence-corrected chi connectivity index (χ1v) is 8.46. The summed E-state index contributed by atoms with van der Waals surface area (Å²) < 4.78 is 5.20. The first-order chi connectivity index (χ1) is 11.7. The number of para-hydroxylation sites is 1. The van der Waals surface area contributed by atoms with E-state index < -0.39 is 0 Å². The van der Waals surface area contributed by atoms with Gasteiger partial charge in [-0.2, -0.15) is 0 Å². The summed E-state index contributed by atoms with van der Waals surface area (Å²) in [5, 5.41) is 0. The maximum Gasteiger partial charge on any atom is 0.289 e. The number of rotatable bonds is 2. The molecular weight excluding hydrogens is 304 g/mol. The topological polar surface area (TPSA) is 53.8 Å². The zero-order valence-corrected chi connectivity index (χ0v) is 13.5. The van der Waals surface area contributed by atoms with E-state index in [1.54, 1.807) is 17.0 Å². The van der Waals surface area contributed by atoms with Crippen molar-refractivity contribution in [2.75, 3.05) is 24.5 Å². The van der Waals surface area contributed by atoms with E-state index in [1.807, 2.05) is 23.1 Å². The zero-order chi connectivity index (χ0) is 16.5. The summed E-state index contributed by atoms with van der Waals surface area (Å²) in [4.78, 5) is 29.1. The fourth-order valence-electron chi connectivity index (χ4n) is 3.71. The van der Waals surface area contributed by atoms with Crippen LogP contribution in [-0.4, -0.2) is 36.3 Å². The first kappa shape index (κ1) is 15.0. The summed E-state index contributed by atoms with van der Waals surface area (Å²) in [7, 11) is 0. The third-order valence-electron chi connectivity index (χ3n) is 4.94. The molecule has 0 N–H and O–H groups in total. The molecule has 0 aliphatic carbocycles. The second-order valence-corrected chi connectivity index (χ2v) is 6.44. The van der Waals surface area contributed by atoms with Crippen molar-refractivity contribution in [2.24, 2.45) is 5.92 Å². The van der Waals surface area contributed by atoms with Gasteiger partial charge in [0.2, 0.25) is 5.91 Å². The smallest absolute Gasteiger partial charge is 0.289 e. The van der Waals surface area contributed by atoms with Crippen molar-refractivity contribution in [3.05, 3.63) is 54.0 Å². The standard InChI is InChI=1S/C19H20N2O3/c22-18(21-11-9-14-5-1-2-7-16(14)21)15-6-3-10-20(13-15)19(23)17-8-4-12-24-17/h1-2,4-5,7-8,12,15H,3,6,9-11,13H2/t15-/m0/s1. The largest absolute Gasteiger partial charge is 0.459 e. The van der Waals surface area contributed by atoms with Crippen LogP contribution < -0.4 is 4.90 Å². The lowest BCUT2D eigenvalue weighted by Crippen LogP contribution is -2.46. The van der Waals surface area contributed by atoms with Crippen molar-refractivity contribution in [3.63, 3.8) is 0 Å². The van der Waals surface area contributed by atoms with E-state index in [0.717, 1.165) is 31.5 Å². The van der Waals surface area contributed by atoms with Crippen LogP contribution in [-0.2, 0) is 11.2 Å². The van der Waals surface area contributed by atoms with Gasteiger partial charge in [-0.05, 0) is 43.0 Å². The molecule has 0 radical (unpaired) electrons. The average molecular weight is 324 g/mol. The Hall–Kier alpha value is -2.56. The Morgan fingerprint density at radius 2 is 1.96 bits per heavy atom. The number of fused-ring (bicyclic) bond motifs is 1. The molecule has 3 heterocycles. The summed E-state index contributed by atoms with van der Waals surface area (Å²) in [6.07, 6.45) is 4.09. The summed E-state index contributed by atoms with van der Waals surface area (Å²) in [6, 6.07) is 11.5. The molecular formula is C19H20N2O3. The van der Waals surface area contributed by atoms with Gasteiger partial charge in [0.15, 0.2) is 5.76 Å². The number of likely N-dealkylation sites (tertiary alicyclic amines) is 1. The number of furan rings is 1. The lowest BCUT2D eigenvalue weighted by atomic mass is 9.96. The minimum Gasteiger partial charge on any atom is -0.459 e. The van der Waals surface area contributed by atoms with Crippen molar-refractivity contribution in [3.8, 4) is 0 Å². The molecule has 1 atom stereocenters. The van der Waals surface area contributed by atoms with Crippen molar-refractivity contribution in [1.29, 1.82) is 0 Å². The number of benzene rings is 1. The number of hydrogen-bond donors (Lipinski definition) is 0. The number of carbonyl (C=O) groups is 2. The Morgan fingerprint density at radius 1 is 1.08 bits per heavy atom. The summed E-state index contributed by atoms with van der Waals surface area (Å²) in [5.74, 6) is 0.217. The average Bonchev–Trinajstić information content (AvgIpc) is 3.30. The number of nitrogens with zero attached hydrogens (tertiary/aromatic N) is 2. The van der Waals surface area contributed by atoms with Crippen molar-refractivity contribution in [1.82, 2.24) is 4.90 Å². The maximum atomic E-state index is 13.0. The fourth-order valence-corrected chi connectivity index (χ4v) is 3.71. The molecule has 124 valence electrons. The predicted molar refractivity (Wildman–Crippen MR) is 89.8 cm³/mol. The Labute approximate surface area is 140 Å². The van der Waals surface area contributed by atoms with Gasteiger partial charge in [0.05, 0.1) is 12.2 Å². The van der Waals surface area contributed by atoms with Gasteiger partial charge in [0.25, 0.3) is 5.91 Å². The van der Waals surface area contributed by atoms with Gasteiger partial charge in [-0.15, -0.1) is 0 Å². The molecule has 0 unspecified atom stereocenters. The highest BCUT2D eigenvalue weighted by Gasteiger charge is 2.34. The van der Waals surface area contributed by atoms with E-state index in [-0.39, 0.29) is 17.7 Å². The third kappa shape index (κ3) is 2.60. The molecule has 2 aliphatic rings. The Kier molecular flexibility index (Phi) is 3.84. The molecule has 0 saturated carbocycles. The Bertz CT molecular complexity index is 754. The highest BCUT2D eigenvalue weighted by molar-refractivity contribution is 5.98. The molecule has 0 spiro atoms. The Morgan fingerprint density at radius 3 is 2.79 bits per heavy atom. The van der Waals surface area contributed by atoms with Crippen molar-refractivity contribution < 1.29 is 14.0 Å². The van der Waals surface area contributed by atoms with Crippen LogP contribution in [0.4, 0.5) is 5.69 Å². The molecule has 5 nitrogen and oxygen atoms in total. The van der Waals surface area contributed by atoms with Crippen LogP contribution in [0.5, 0.6) is 0 Å². The maximum absolute atomic E-state index is 13.0. The Balaban J connectivity index is 1.48. The summed E-state index contributed by atoms with van der Waals surface area (Å²) in [6.45, 7) is 1.89. The molecule has 1 fully saturated rings. The van der Waals surface area contributed by atoms with Crippen LogP contribution in [0.2, 0.25) is 0 Å². The van der Waals surface area contributed by atoms with Gasteiger partial charge in [0, 0.05) is 25.3 Å². The van der Waals surface area contributed by atoms with E-state index in [4.69, 9.17) is 4.42 Å². The van der Waals surface area contributed by atoms with Gasteiger partial charge in [-0.25, -0.2) is 0 Å². The van der Waals surface area contributed by atoms with E-state index in [9.17, 15) is 9.59 Å². The third-order valence-corrected chi connectivity index (χ3v) is 4.94. The molecule has 5 heteroatoms. The van der Waals surface area contributed by atoms with E-state index in [0.29, 0.717) is 18.8 Å². The van der Waals surface area contributed by atoms with Crippen LogP contribution in [0.1, 0.15) is 29.0 Å². The molecule has 1 aromatic heterocycles. The van der Waals surface area contributed by atoms with Crippen molar-refractivity contribution >= 4 is 17.5 Å². The van der Waals surface area contributed by atoms with E-state index in [1.165, 1.54) is 11.8 Å². The quantitative estimate of drug-likeness (QED) is 0.853.